The van der Waals surface area contributed by atoms with E-state index in [9.17, 15) is 0 Å². The van der Waals surface area contributed by atoms with Crippen LogP contribution < -0.4 is 11.3 Å². The van der Waals surface area contributed by atoms with Gasteiger partial charge in [-0.15, -0.1) is 0 Å². The Kier molecular flexibility index (Phi) is 7.15. The molecule has 4 nitrogen and oxygen atoms in total. The summed E-state index contributed by atoms with van der Waals surface area (Å²) in [5.41, 5.74) is 2.93. The maximum atomic E-state index is 5.74. The third kappa shape index (κ3) is 4.19. The first kappa shape index (κ1) is 15.9. The van der Waals surface area contributed by atoms with Crippen molar-refractivity contribution in [3.63, 3.8) is 0 Å². The Morgan fingerprint density at radius 1 is 1.11 bits per heavy atom. The van der Waals surface area contributed by atoms with Crippen LogP contribution in [0.25, 0.3) is 0 Å². The summed E-state index contributed by atoms with van der Waals surface area (Å²) in [6, 6.07) is 0.0971. The second-order valence-corrected chi connectivity index (χ2v) is 5.50. The van der Waals surface area contributed by atoms with E-state index in [2.05, 4.69) is 19.3 Å². The molecule has 0 aromatic rings. The van der Waals surface area contributed by atoms with E-state index >= 15 is 0 Å². The van der Waals surface area contributed by atoms with Crippen LogP contribution in [-0.4, -0.2) is 25.5 Å². The van der Waals surface area contributed by atoms with E-state index in [1.807, 2.05) is 13.8 Å². The van der Waals surface area contributed by atoms with E-state index in [-0.39, 0.29) is 12.3 Å². The van der Waals surface area contributed by atoms with Crippen molar-refractivity contribution in [3.05, 3.63) is 0 Å². The minimum absolute atomic E-state index is 0.0971. The summed E-state index contributed by atoms with van der Waals surface area (Å²) in [5, 5.41) is 0. The zero-order valence-electron chi connectivity index (χ0n) is 12.3. The summed E-state index contributed by atoms with van der Waals surface area (Å²) >= 11 is 0. The SMILES string of the molecule is CCOC(OCC)C(NN)C1CCC(C)C(C)C1. The third-order valence-corrected chi connectivity index (χ3v) is 4.29. The Hall–Kier alpha value is -0.160. The molecule has 18 heavy (non-hydrogen) atoms. The number of hydrogen-bond donors (Lipinski definition) is 2. The van der Waals surface area contributed by atoms with Crippen molar-refractivity contribution in [2.24, 2.45) is 23.6 Å². The fourth-order valence-electron chi connectivity index (χ4n) is 2.94. The van der Waals surface area contributed by atoms with Gasteiger partial charge in [-0.25, -0.2) is 0 Å². The van der Waals surface area contributed by atoms with Crippen LogP contribution in [-0.2, 0) is 9.47 Å². The molecule has 1 rings (SSSR count). The van der Waals surface area contributed by atoms with Gasteiger partial charge in [0.2, 0.25) is 0 Å². The molecule has 4 atom stereocenters. The molecule has 0 amide bonds. The number of hydrogen-bond acceptors (Lipinski definition) is 4. The van der Waals surface area contributed by atoms with Gasteiger partial charge in [0.15, 0.2) is 6.29 Å². The van der Waals surface area contributed by atoms with Crippen molar-refractivity contribution in [1.29, 1.82) is 0 Å². The van der Waals surface area contributed by atoms with E-state index < -0.39 is 0 Å². The molecule has 0 bridgehead atoms. The average Bonchev–Trinajstić information content (AvgIpc) is 2.35. The highest BCUT2D eigenvalue weighted by atomic mass is 16.7. The minimum atomic E-state index is -0.226. The zero-order valence-corrected chi connectivity index (χ0v) is 12.3. The number of ether oxygens (including phenoxy) is 2. The maximum absolute atomic E-state index is 5.74. The summed E-state index contributed by atoms with van der Waals surface area (Å²) in [6.45, 7) is 9.97. The van der Waals surface area contributed by atoms with Crippen LogP contribution in [0.2, 0.25) is 0 Å². The summed E-state index contributed by atoms with van der Waals surface area (Å²) in [5.74, 6) is 7.85. The zero-order chi connectivity index (χ0) is 13.5. The van der Waals surface area contributed by atoms with Crippen LogP contribution in [0.5, 0.6) is 0 Å². The molecule has 1 saturated carbocycles. The van der Waals surface area contributed by atoms with Gasteiger partial charge in [0.05, 0.1) is 6.04 Å². The molecule has 4 unspecified atom stereocenters. The van der Waals surface area contributed by atoms with Gasteiger partial charge in [-0.2, -0.15) is 0 Å². The molecule has 0 aromatic heterocycles. The maximum Gasteiger partial charge on any atom is 0.174 e. The standard InChI is InChI=1S/C14H30N2O2/c1-5-17-14(18-6-2)13(16-15)12-8-7-10(3)11(4)9-12/h10-14,16H,5-9,15H2,1-4H3. The van der Waals surface area contributed by atoms with Crippen LogP contribution in [0.15, 0.2) is 0 Å². The lowest BCUT2D eigenvalue weighted by molar-refractivity contribution is -0.166. The molecule has 0 saturated heterocycles. The fourth-order valence-corrected chi connectivity index (χ4v) is 2.94. The van der Waals surface area contributed by atoms with Crippen LogP contribution >= 0.6 is 0 Å². The van der Waals surface area contributed by atoms with Gasteiger partial charge >= 0.3 is 0 Å². The first-order valence-corrected chi connectivity index (χ1v) is 7.33. The molecular weight excluding hydrogens is 228 g/mol. The van der Waals surface area contributed by atoms with Crippen molar-refractivity contribution in [2.45, 2.75) is 59.3 Å². The molecule has 0 heterocycles. The van der Waals surface area contributed by atoms with Crippen molar-refractivity contribution in [3.8, 4) is 0 Å². The molecule has 1 fully saturated rings. The van der Waals surface area contributed by atoms with Gasteiger partial charge in [0.1, 0.15) is 0 Å². The lowest BCUT2D eigenvalue weighted by Gasteiger charge is -2.39. The predicted octanol–water partition coefficient (Wildman–Crippen LogP) is 2.29. The Labute approximate surface area is 112 Å². The molecule has 0 spiro atoms. The lowest BCUT2D eigenvalue weighted by atomic mass is 9.73. The number of hydrazine groups is 1. The summed E-state index contributed by atoms with van der Waals surface area (Å²) < 4.78 is 11.4. The number of nitrogens with two attached hydrogens (primary N) is 1. The molecule has 0 aliphatic heterocycles. The minimum Gasteiger partial charge on any atom is -0.351 e. The molecule has 0 aromatic carbocycles. The molecule has 1 aliphatic carbocycles. The smallest absolute Gasteiger partial charge is 0.174 e. The first-order valence-electron chi connectivity index (χ1n) is 7.33. The molecular formula is C14H30N2O2. The number of nitrogens with one attached hydrogen (secondary N) is 1. The third-order valence-electron chi connectivity index (χ3n) is 4.29. The first-order chi connectivity index (χ1) is 8.63. The van der Waals surface area contributed by atoms with Gasteiger partial charge in [0.25, 0.3) is 0 Å². The Bertz CT molecular complexity index is 220. The average molecular weight is 258 g/mol. The van der Waals surface area contributed by atoms with Gasteiger partial charge in [-0.05, 0) is 44.4 Å². The Morgan fingerprint density at radius 2 is 1.72 bits per heavy atom. The highest BCUT2D eigenvalue weighted by Gasteiger charge is 2.34. The molecule has 4 heteroatoms. The highest BCUT2D eigenvalue weighted by Crippen LogP contribution is 2.36. The monoisotopic (exact) mass is 258 g/mol. The predicted molar refractivity (Wildman–Crippen MR) is 73.8 cm³/mol. The van der Waals surface area contributed by atoms with Crippen molar-refractivity contribution in [2.75, 3.05) is 13.2 Å². The van der Waals surface area contributed by atoms with E-state index in [4.69, 9.17) is 15.3 Å². The van der Waals surface area contributed by atoms with Gasteiger partial charge in [0, 0.05) is 13.2 Å². The Morgan fingerprint density at radius 3 is 2.17 bits per heavy atom. The van der Waals surface area contributed by atoms with E-state index in [0.717, 1.165) is 11.8 Å². The largest absolute Gasteiger partial charge is 0.351 e. The van der Waals surface area contributed by atoms with Crippen LogP contribution in [0.4, 0.5) is 0 Å². The van der Waals surface area contributed by atoms with Crippen molar-refractivity contribution < 1.29 is 9.47 Å². The summed E-state index contributed by atoms with van der Waals surface area (Å²) in [6.07, 6.45) is 3.45. The molecule has 0 radical (unpaired) electrons. The lowest BCUT2D eigenvalue weighted by Crippen LogP contribution is -2.52. The topological polar surface area (TPSA) is 56.5 Å². The second-order valence-electron chi connectivity index (χ2n) is 5.50. The molecule has 3 N–H and O–H groups in total. The molecule has 108 valence electrons. The van der Waals surface area contributed by atoms with Gasteiger partial charge < -0.3 is 9.47 Å². The highest BCUT2D eigenvalue weighted by molar-refractivity contribution is 4.84. The van der Waals surface area contributed by atoms with Crippen molar-refractivity contribution in [1.82, 2.24) is 5.43 Å². The van der Waals surface area contributed by atoms with E-state index in [1.54, 1.807) is 0 Å². The summed E-state index contributed by atoms with van der Waals surface area (Å²) in [4.78, 5) is 0. The van der Waals surface area contributed by atoms with Crippen molar-refractivity contribution >= 4 is 0 Å². The van der Waals surface area contributed by atoms with Gasteiger partial charge in [-0.1, -0.05) is 20.3 Å². The fraction of sp³-hybridized carbons (Fsp3) is 1.00. The van der Waals surface area contributed by atoms with E-state index in [1.165, 1.54) is 19.3 Å². The van der Waals surface area contributed by atoms with Gasteiger partial charge in [-0.3, -0.25) is 11.3 Å². The van der Waals surface area contributed by atoms with Crippen LogP contribution in [0.3, 0.4) is 0 Å². The second kappa shape index (κ2) is 8.10. The van der Waals surface area contributed by atoms with Crippen LogP contribution in [0.1, 0.15) is 47.0 Å². The quantitative estimate of drug-likeness (QED) is 0.418. The normalized spacial score (nSPS) is 30.7. The van der Waals surface area contributed by atoms with Crippen LogP contribution in [0, 0.1) is 17.8 Å². The summed E-state index contributed by atoms with van der Waals surface area (Å²) in [7, 11) is 0. The van der Waals surface area contributed by atoms with E-state index in [0.29, 0.717) is 19.1 Å². The molecule has 1 aliphatic rings. The Balaban J connectivity index is 2.62. The number of rotatable bonds is 7.